The maximum atomic E-state index is 11.9. The second kappa shape index (κ2) is 5.74. The van der Waals surface area contributed by atoms with Gasteiger partial charge in [0.1, 0.15) is 17.5 Å². The van der Waals surface area contributed by atoms with Gasteiger partial charge >= 0.3 is 0 Å². The Balaban J connectivity index is 1.96. The van der Waals surface area contributed by atoms with Crippen LogP contribution in [-0.4, -0.2) is 24.1 Å². The Labute approximate surface area is 114 Å². The van der Waals surface area contributed by atoms with Crippen LogP contribution in [0.25, 0.3) is 0 Å². The van der Waals surface area contributed by atoms with Crippen LogP contribution in [0.1, 0.15) is 50.4 Å². The Hall–Kier alpha value is -1.35. The first-order valence-electron chi connectivity index (χ1n) is 6.97. The van der Waals surface area contributed by atoms with E-state index in [9.17, 15) is 4.79 Å². The lowest BCUT2D eigenvalue weighted by molar-refractivity contribution is 0.0744. The van der Waals surface area contributed by atoms with E-state index in [1.165, 1.54) is 0 Å². The zero-order valence-corrected chi connectivity index (χ0v) is 11.9. The van der Waals surface area contributed by atoms with Gasteiger partial charge in [0, 0.05) is 12.0 Å². The first-order valence-corrected chi connectivity index (χ1v) is 6.97. The number of carbonyl (C=O) groups is 1. The average molecular weight is 262 g/mol. The van der Waals surface area contributed by atoms with Gasteiger partial charge < -0.3 is 9.47 Å². The van der Waals surface area contributed by atoms with Gasteiger partial charge in [0.2, 0.25) is 0 Å². The lowest BCUT2D eigenvalue weighted by Crippen LogP contribution is -2.34. The van der Waals surface area contributed by atoms with Crippen molar-refractivity contribution >= 4 is 5.78 Å². The van der Waals surface area contributed by atoms with Crippen LogP contribution in [0.15, 0.2) is 24.3 Å². The molecule has 3 nitrogen and oxygen atoms in total. The van der Waals surface area contributed by atoms with Gasteiger partial charge in [-0.15, -0.1) is 0 Å². The van der Waals surface area contributed by atoms with Crippen LogP contribution < -0.4 is 4.74 Å². The molecular formula is C16H22O3. The van der Waals surface area contributed by atoms with E-state index < -0.39 is 0 Å². The molecule has 1 aliphatic rings. The van der Waals surface area contributed by atoms with Crippen LogP contribution in [0, 0.1) is 0 Å². The first kappa shape index (κ1) is 14.1. The van der Waals surface area contributed by atoms with Crippen molar-refractivity contribution in [2.24, 2.45) is 0 Å². The van der Waals surface area contributed by atoms with Crippen molar-refractivity contribution in [3.63, 3.8) is 0 Å². The second-order valence-corrected chi connectivity index (χ2v) is 5.58. The van der Waals surface area contributed by atoms with Crippen molar-refractivity contribution in [3.8, 4) is 5.75 Å². The molecule has 104 valence electrons. The van der Waals surface area contributed by atoms with E-state index >= 15 is 0 Å². The van der Waals surface area contributed by atoms with Gasteiger partial charge in [-0.05, 0) is 44.5 Å². The highest BCUT2D eigenvalue weighted by atomic mass is 16.6. The van der Waals surface area contributed by atoms with E-state index in [0.29, 0.717) is 6.42 Å². The zero-order chi connectivity index (χ0) is 13.9. The van der Waals surface area contributed by atoms with Gasteiger partial charge in [-0.2, -0.15) is 0 Å². The molecule has 1 heterocycles. The molecule has 0 amide bonds. The molecule has 3 heteroatoms. The molecule has 0 radical (unpaired) electrons. The smallest absolute Gasteiger partial charge is 0.162 e. The van der Waals surface area contributed by atoms with Gasteiger partial charge in [0.15, 0.2) is 5.78 Å². The van der Waals surface area contributed by atoms with E-state index in [4.69, 9.17) is 9.47 Å². The minimum atomic E-state index is -0.312. The van der Waals surface area contributed by atoms with Gasteiger partial charge in [0.05, 0.1) is 6.61 Å². The zero-order valence-electron chi connectivity index (χ0n) is 11.9. The lowest BCUT2D eigenvalue weighted by Gasteiger charge is -2.24. The fraction of sp³-hybridized carbons (Fsp3) is 0.562. The maximum Gasteiger partial charge on any atom is 0.162 e. The first-order chi connectivity index (χ1) is 9.03. The summed E-state index contributed by atoms with van der Waals surface area (Å²) >= 11 is 0. The molecule has 1 aromatic carbocycles. The van der Waals surface area contributed by atoms with Crippen LogP contribution in [0.3, 0.4) is 0 Å². The van der Waals surface area contributed by atoms with Crippen molar-refractivity contribution in [2.45, 2.75) is 51.7 Å². The third-order valence-electron chi connectivity index (χ3n) is 3.42. The van der Waals surface area contributed by atoms with Gasteiger partial charge in [0.25, 0.3) is 0 Å². The summed E-state index contributed by atoms with van der Waals surface area (Å²) in [6.45, 7) is 6.89. The number of Topliss-reactive ketones (excluding diaryl/α,β-unsaturated/α-hetero) is 1. The van der Waals surface area contributed by atoms with Crippen LogP contribution in [0.4, 0.5) is 0 Å². The number of hydrogen-bond acceptors (Lipinski definition) is 3. The monoisotopic (exact) mass is 262 g/mol. The number of rotatable bonds is 7. The van der Waals surface area contributed by atoms with E-state index in [0.717, 1.165) is 30.8 Å². The van der Waals surface area contributed by atoms with Crippen LogP contribution in [0.5, 0.6) is 5.75 Å². The minimum absolute atomic E-state index is 0.179. The molecule has 0 bridgehead atoms. The number of benzene rings is 1. The SMILES string of the molecule is CCCCC(=O)c1ccc(OC(C)(C)C2CO2)cc1. The largest absolute Gasteiger partial charge is 0.485 e. The number of ketones is 1. The third kappa shape index (κ3) is 3.80. The van der Waals surface area contributed by atoms with Crippen LogP contribution >= 0.6 is 0 Å². The summed E-state index contributed by atoms with van der Waals surface area (Å²) in [6.07, 6.45) is 2.79. The van der Waals surface area contributed by atoms with Gasteiger partial charge in [-0.3, -0.25) is 4.79 Å². The van der Waals surface area contributed by atoms with Gasteiger partial charge in [-0.1, -0.05) is 13.3 Å². The summed E-state index contributed by atoms with van der Waals surface area (Å²) in [5, 5.41) is 0. The highest BCUT2D eigenvalue weighted by molar-refractivity contribution is 5.96. The number of ether oxygens (including phenoxy) is 2. The highest BCUT2D eigenvalue weighted by Gasteiger charge is 2.41. The molecule has 1 aromatic rings. The summed E-state index contributed by atoms with van der Waals surface area (Å²) in [7, 11) is 0. The normalized spacial score (nSPS) is 18.2. The van der Waals surface area contributed by atoms with Crippen molar-refractivity contribution in [2.75, 3.05) is 6.61 Å². The van der Waals surface area contributed by atoms with Crippen molar-refractivity contribution in [1.29, 1.82) is 0 Å². The summed E-state index contributed by atoms with van der Waals surface area (Å²) in [5.74, 6) is 0.991. The van der Waals surface area contributed by atoms with Crippen molar-refractivity contribution in [3.05, 3.63) is 29.8 Å². The van der Waals surface area contributed by atoms with Crippen LogP contribution in [0.2, 0.25) is 0 Å². The Morgan fingerprint density at radius 3 is 2.53 bits per heavy atom. The summed E-state index contributed by atoms with van der Waals surface area (Å²) < 4.78 is 11.2. The predicted octanol–water partition coefficient (Wildman–Crippen LogP) is 3.62. The molecule has 1 aliphatic heterocycles. The highest BCUT2D eigenvalue weighted by Crippen LogP contribution is 2.29. The molecule has 1 atom stereocenters. The Morgan fingerprint density at radius 1 is 1.37 bits per heavy atom. The Morgan fingerprint density at radius 2 is 2.00 bits per heavy atom. The topological polar surface area (TPSA) is 38.8 Å². The summed E-state index contributed by atoms with van der Waals surface area (Å²) in [4.78, 5) is 11.9. The Bertz CT molecular complexity index is 430. The molecule has 1 fully saturated rings. The third-order valence-corrected chi connectivity index (χ3v) is 3.42. The number of carbonyl (C=O) groups excluding carboxylic acids is 1. The average Bonchev–Trinajstić information content (AvgIpc) is 3.21. The minimum Gasteiger partial charge on any atom is -0.485 e. The van der Waals surface area contributed by atoms with Crippen molar-refractivity contribution in [1.82, 2.24) is 0 Å². The Kier molecular flexibility index (Phi) is 4.25. The second-order valence-electron chi connectivity index (χ2n) is 5.58. The van der Waals surface area contributed by atoms with Crippen LogP contribution in [-0.2, 0) is 4.74 Å². The number of hydrogen-bond donors (Lipinski definition) is 0. The quantitative estimate of drug-likeness (QED) is 0.556. The lowest BCUT2D eigenvalue weighted by atomic mass is 10.0. The predicted molar refractivity (Wildman–Crippen MR) is 74.7 cm³/mol. The summed E-state index contributed by atoms with van der Waals surface area (Å²) in [5.41, 5.74) is 0.453. The molecule has 19 heavy (non-hydrogen) atoms. The molecular weight excluding hydrogens is 240 g/mol. The molecule has 1 unspecified atom stereocenters. The number of unbranched alkanes of at least 4 members (excludes halogenated alkanes) is 1. The van der Waals surface area contributed by atoms with E-state index in [1.807, 2.05) is 38.1 Å². The van der Waals surface area contributed by atoms with E-state index in [-0.39, 0.29) is 17.5 Å². The molecule has 0 aliphatic carbocycles. The maximum absolute atomic E-state index is 11.9. The standard InChI is InChI=1S/C16H22O3/c1-4-5-6-14(17)12-7-9-13(10-8-12)19-16(2,3)15-11-18-15/h7-10,15H,4-6,11H2,1-3H3. The number of epoxide rings is 1. The van der Waals surface area contributed by atoms with Gasteiger partial charge in [-0.25, -0.2) is 0 Å². The molecule has 0 aromatic heterocycles. The van der Waals surface area contributed by atoms with E-state index in [2.05, 4.69) is 6.92 Å². The van der Waals surface area contributed by atoms with Crippen molar-refractivity contribution < 1.29 is 14.3 Å². The van der Waals surface area contributed by atoms with E-state index in [1.54, 1.807) is 0 Å². The summed E-state index contributed by atoms with van der Waals surface area (Å²) in [6, 6.07) is 7.42. The molecule has 2 rings (SSSR count). The molecule has 0 spiro atoms. The molecule has 0 N–H and O–H groups in total. The fourth-order valence-electron chi connectivity index (χ4n) is 2.01. The molecule has 1 saturated heterocycles. The fourth-order valence-corrected chi connectivity index (χ4v) is 2.01. The molecule has 0 saturated carbocycles.